The summed E-state index contributed by atoms with van der Waals surface area (Å²) < 4.78 is 0. The van der Waals surface area contributed by atoms with Crippen LogP contribution in [0.1, 0.15) is 39.9 Å². The molecule has 2 fully saturated rings. The predicted molar refractivity (Wildman–Crippen MR) is 160 cm³/mol. The fourth-order valence-corrected chi connectivity index (χ4v) is 6.01. The van der Waals surface area contributed by atoms with Crippen molar-refractivity contribution in [1.29, 1.82) is 5.26 Å². The molecule has 5 rings (SSSR count). The Labute approximate surface area is 250 Å². The third-order valence-corrected chi connectivity index (χ3v) is 8.71. The van der Waals surface area contributed by atoms with Crippen molar-refractivity contribution >= 4 is 46.5 Å². The van der Waals surface area contributed by atoms with E-state index in [-0.39, 0.29) is 5.91 Å². The minimum absolute atomic E-state index is 0.248. The van der Waals surface area contributed by atoms with Crippen LogP contribution in [0.15, 0.2) is 54.7 Å². The lowest BCUT2D eigenvalue weighted by molar-refractivity contribution is 0.0950. The number of nitrogens with zero attached hydrogens (tertiary/aromatic N) is 5. The van der Waals surface area contributed by atoms with E-state index in [0.29, 0.717) is 38.8 Å². The van der Waals surface area contributed by atoms with E-state index in [4.69, 9.17) is 40.1 Å². The number of carbonyl (C=O) groups is 1. The van der Waals surface area contributed by atoms with Crippen LogP contribution < -0.4 is 10.2 Å². The van der Waals surface area contributed by atoms with E-state index >= 15 is 0 Å². The SMILES string of the molecule is N#Cc1ccc(CN2CCC(N3CCN(c4ncc(C(=O)NCc5ccc(Cl)c(Cl)c5)cc4Cl)CC3)CC2)cc1. The number of aromatic nitrogens is 1. The number of pyridine rings is 1. The zero-order chi connectivity index (χ0) is 28.1. The molecule has 0 bridgehead atoms. The van der Waals surface area contributed by atoms with Gasteiger partial charge >= 0.3 is 0 Å². The van der Waals surface area contributed by atoms with Crippen LogP contribution in [-0.2, 0) is 13.1 Å². The fraction of sp³-hybridized carbons (Fsp3) is 0.367. The van der Waals surface area contributed by atoms with Gasteiger partial charge in [-0.2, -0.15) is 5.26 Å². The second-order valence-corrected chi connectivity index (χ2v) is 11.5. The largest absolute Gasteiger partial charge is 0.353 e. The third-order valence-electron chi connectivity index (χ3n) is 7.70. The molecule has 0 aliphatic carbocycles. The molecule has 208 valence electrons. The van der Waals surface area contributed by atoms with Gasteiger partial charge in [0.05, 0.1) is 32.3 Å². The molecule has 2 saturated heterocycles. The Kier molecular flexibility index (Phi) is 9.46. The third kappa shape index (κ3) is 7.06. The topological polar surface area (TPSA) is 75.5 Å². The van der Waals surface area contributed by atoms with E-state index in [1.165, 1.54) is 5.56 Å². The van der Waals surface area contributed by atoms with Gasteiger partial charge in [-0.25, -0.2) is 4.98 Å². The van der Waals surface area contributed by atoms with E-state index in [1.54, 1.807) is 24.4 Å². The average Bonchev–Trinajstić information content (AvgIpc) is 2.98. The average molecular weight is 598 g/mol. The maximum absolute atomic E-state index is 12.7. The van der Waals surface area contributed by atoms with Crippen LogP contribution >= 0.6 is 34.8 Å². The Bertz CT molecular complexity index is 1380. The summed E-state index contributed by atoms with van der Waals surface area (Å²) in [7, 11) is 0. The summed E-state index contributed by atoms with van der Waals surface area (Å²) in [5.41, 5.74) is 3.23. The number of anilines is 1. The van der Waals surface area contributed by atoms with Crippen molar-refractivity contribution in [3.63, 3.8) is 0 Å². The molecule has 3 heterocycles. The second-order valence-electron chi connectivity index (χ2n) is 10.3. The normalized spacial score (nSPS) is 17.0. The molecule has 1 N–H and O–H groups in total. The highest BCUT2D eigenvalue weighted by Gasteiger charge is 2.28. The van der Waals surface area contributed by atoms with Crippen LogP contribution in [0, 0.1) is 11.3 Å². The number of piperazine rings is 1. The molecular weight excluding hydrogens is 567 g/mol. The quantitative estimate of drug-likeness (QED) is 0.381. The van der Waals surface area contributed by atoms with Crippen molar-refractivity contribution in [2.24, 2.45) is 0 Å². The van der Waals surface area contributed by atoms with Gasteiger partial charge in [0.25, 0.3) is 5.91 Å². The minimum Gasteiger partial charge on any atom is -0.353 e. The van der Waals surface area contributed by atoms with Crippen LogP contribution in [0.4, 0.5) is 5.82 Å². The lowest BCUT2D eigenvalue weighted by Gasteiger charge is -2.43. The maximum atomic E-state index is 12.7. The van der Waals surface area contributed by atoms with Crippen molar-refractivity contribution in [3.8, 4) is 6.07 Å². The summed E-state index contributed by atoms with van der Waals surface area (Å²) in [4.78, 5) is 24.5. The number of benzene rings is 2. The van der Waals surface area contributed by atoms with Crippen LogP contribution in [0.3, 0.4) is 0 Å². The Hall–Kier alpha value is -2.86. The molecule has 2 aliphatic rings. The molecule has 0 atom stereocenters. The first-order valence-electron chi connectivity index (χ1n) is 13.5. The number of hydrogen-bond acceptors (Lipinski definition) is 6. The number of hydrogen-bond donors (Lipinski definition) is 1. The molecule has 7 nitrogen and oxygen atoms in total. The first-order valence-corrected chi connectivity index (χ1v) is 14.6. The molecule has 0 radical (unpaired) electrons. The number of nitrogens with one attached hydrogen (secondary N) is 1. The highest BCUT2D eigenvalue weighted by atomic mass is 35.5. The predicted octanol–water partition coefficient (Wildman–Crippen LogP) is 5.63. The summed E-state index contributed by atoms with van der Waals surface area (Å²) in [6.07, 6.45) is 3.89. The van der Waals surface area contributed by atoms with Gasteiger partial charge in [0.2, 0.25) is 0 Å². The summed E-state index contributed by atoms with van der Waals surface area (Å²) in [5.74, 6) is 0.474. The van der Waals surface area contributed by atoms with E-state index in [9.17, 15) is 4.79 Å². The zero-order valence-electron chi connectivity index (χ0n) is 22.1. The number of piperidine rings is 1. The summed E-state index contributed by atoms with van der Waals surface area (Å²) in [6.45, 7) is 7.03. The fourth-order valence-electron chi connectivity index (χ4n) is 5.41. The number of nitriles is 1. The number of rotatable bonds is 7. The first kappa shape index (κ1) is 28.7. The monoisotopic (exact) mass is 596 g/mol. The van der Waals surface area contributed by atoms with Gasteiger partial charge in [0.15, 0.2) is 0 Å². The highest BCUT2D eigenvalue weighted by Crippen LogP contribution is 2.27. The smallest absolute Gasteiger partial charge is 0.253 e. The molecule has 2 aliphatic heterocycles. The van der Waals surface area contributed by atoms with E-state index in [0.717, 1.165) is 70.0 Å². The van der Waals surface area contributed by atoms with Crippen molar-refractivity contribution in [1.82, 2.24) is 20.1 Å². The van der Waals surface area contributed by atoms with Gasteiger partial charge < -0.3 is 10.2 Å². The molecule has 1 aromatic heterocycles. The minimum atomic E-state index is -0.248. The molecule has 1 amide bonds. The highest BCUT2D eigenvalue weighted by molar-refractivity contribution is 6.42. The molecule has 0 saturated carbocycles. The van der Waals surface area contributed by atoms with Crippen LogP contribution in [-0.4, -0.2) is 66.0 Å². The second kappa shape index (κ2) is 13.2. The van der Waals surface area contributed by atoms with E-state index in [2.05, 4.69) is 43.2 Å². The summed E-state index contributed by atoms with van der Waals surface area (Å²) in [5, 5.41) is 13.3. The van der Waals surface area contributed by atoms with Crippen molar-refractivity contribution in [2.45, 2.75) is 32.0 Å². The molecule has 0 spiro atoms. The van der Waals surface area contributed by atoms with Crippen LogP contribution in [0.25, 0.3) is 0 Å². The van der Waals surface area contributed by atoms with Crippen molar-refractivity contribution in [2.75, 3.05) is 44.2 Å². The van der Waals surface area contributed by atoms with Gasteiger partial charge in [-0.1, -0.05) is 53.0 Å². The van der Waals surface area contributed by atoms with Crippen molar-refractivity contribution in [3.05, 3.63) is 92.0 Å². The van der Waals surface area contributed by atoms with Crippen LogP contribution in [0.2, 0.25) is 15.1 Å². The Balaban J connectivity index is 1.08. The molecule has 10 heteroatoms. The first-order chi connectivity index (χ1) is 19.4. The van der Waals surface area contributed by atoms with Crippen LogP contribution in [0.5, 0.6) is 0 Å². The standard InChI is InChI=1S/C30H31Cl3N6O/c31-26-6-5-23(15-27(26)32)18-36-30(40)24-16-28(33)29(35-19-24)39-13-11-38(12-14-39)25-7-9-37(10-8-25)20-22-3-1-21(17-34)2-4-22/h1-6,15-16,19,25H,7-14,18,20H2,(H,36,40). The summed E-state index contributed by atoms with van der Waals surface area (Å²) >= 11 is 18.6. The maximum Gasteiger partial charge on any atom is 0.253 e. The van der Waals surface area contributed by atoms with Gasteiger partial charge in [-0.3, -0.25) is 14.6 Å². The summed E-state index contributed by atoms with van der Waals surface area (Å²) in [6, 6.07) is 17.6. The van der Waals surface area contributed by atoms with E-state index < -0.39 is 0 Å². The molecule has 0 unspecified atom stereocenters. The zero-order valence-corrected chi connectivity index (χ0v) is 24.4. The Morgan fingerprint density at radius 2 is 1.60 bits per heavy atom. The van der Waals surface area contributed by atoms with Gasteiger partial charge in [-0.05, 0) is 67.4 Å². The van der Waals surface area contributed by atoms with E-state index in [1.807, 2.05) is 18.2 Å². The Morgan fingerprint density at radius 1 is 0.900 bits per heavy atom. The number of likely N-dealkylation sites (tertiary alicyclic amines) is 1. The molecule has 3 aromatic rings. The molecule has 2 aromatic carbocycles. The molecular formula is C30H31Cl3N6O. The Morgan fingerprint density at radius 3 is 2.25 bits per heavy atom. The lowest BCUT2D eigenvalue weighted by Crippen LogP contribution is -2.53. The lowest BCUT2D eigenvalue weighted by atomic mass is 10.0. The number of halogens is 3. The number of carbonyl (C=O) groups excluding carboxylic acids is 1. The number of amides is 1. The van der Waals surface area contributed by atoms with Crippen molar-refractivity contribution < 1.29 is 4.79 Å². The van der Waals surface area contributed by atoms with Gasteiger partial charge in [0, 0.05) is 51.5 Å². The van der Waals surface area contributed by atoms with Gasteiger partial charge in [-0.15, -0.1) is 0 Å². The molecule has 40 heavy (non-hydrogen) atoms. The van der Waals surface area contributed by atoms with Gasteiger partial charge in [0.1, 0.15) is 5.82 Å².